The Kier molecular flexibility index (Phi) is 3.67. The van der Waals surface area contributed by atoms with Gasteiger partial charge in [0.25, 0.3) is 0 Å². The fraction of sp³-hybridized carbons (Fsp3) is 0.143. The Balaban J connectivity index is 2.39. The van der Waals surface area contributed by atoms with E-state index in [-0.39, 0.29) is 5.56 Å². The molecule has 0 amide bonds. The zero-order chi connectivity index (χ0) is 13.1. The normalized spacial score (nSPS) is 10.3. The van der Waals surface area contributed by atoms with E-state index in [9.17, 15) is 4.79 Å². The van der Waals surface area contributed by atoms with Gasteiger partial charge in [0.1, 0.15) is 0 Å². The van der Waals surface area contributed by atoms with Crippen molar-refractivity contribution in [3.05, 3.63) is 53.3 Å². The lowest BCUT2D eigenvalue weighted by Gasteiger charge is -2.07. The van der Waals surface area contributed by atoms with Crippen LogP contribution in [-0.4, -0.2) is 16.1 Å². The van der Waals surface area contributed by atoms with Crippen LogP contribution in [0.4, 0.5) is 0 Å². The standard InChI is InChI=1S/C14H13NO2S/c1-9-4-3-5-11(6-9)18-13-7-10(2)15-8-12(13)14(16)17/h3-8H,1-2H3,(H,16,17). The number of nitrogens with zero attached hydrogens (tertiary/aromatic N) is 1. The molecule has 1 heterocycles. The van der Waals surface area contributed by atoms with Crippen LogP contribution in [0.3, 0.4) is 0 Å². The molecule has 0 aliphatic rings. The molecule has 0 saturated heterocycles. The number of hydrogen-bond acceptors (Lipinski definition) is 3. The lowest BCUT2D eigenvalue weighted by atomic mass is 10.2. The van der Waals surface area contributed by atoms with Gasteiger partial charge in [-0.1, -0.05) is 29.5 Å². The predicted molar refractivity (Wildman–Crippen MR) is 71.2 cm³/mol. The molecule has 0 spiro atoms. The molecule has 0 bridgehead atoms. The summed E-state index contributed by atoms with van der Waals surface area (Å²) in [6.07, 6.45) is 1.41. The fourth-order valence-corrected chi connectivity index (χ4v) is 2.71. The smallest absolute Gasteiger partial charge is 0.338 e. The molecular weight excluding hydrogens is 246 g/mol. The fourth-order valence-electron chi connectivity index (χ4n) is 1.59. The van der Waals surface area contributed by atoms with Crippen molar-refractivity contribution < 1.29 is 9.90 Å². The third-order valence-electron chi connectivity index (χ3n) is 2.45. The van der Waals surface area contributed by atoms with E-state index in [1.807, 2.05) is 38.1 Å². The largest absolute Gasteiger partial charge is 0.478 e. The van der Waals surface area contributed by atoms with Crippen LogP contribution < -0.4 is 0 Å². The van der Waals surface area contributed by atoms with E-state index in [0.717, 1.165) is 21.0 Å². The maximum atomic E-state index is 11.1. The van der Waals surface area contributed by atoms with E-state index in [4.69, 9.17) is 5.11 Å². The van der Waals surface area contributed by atoms with E-state index in [2.05, 4.69) is 4.98 Å². The minimum atomic E-state index is -0.947. The van der Waals surface area contributed by atoms with Crippen molar-refractivity contribution in [2.45, 2.75) is 23.6 Å². The first-order chi connectivity index (χ1) is 8.56. The van der Waals surface area contributed by atoms with Crippen molar-refractivity contribution >= 4 is 17.7 Å². The van der Waals surface area contributed by atoms with Crippen LogP contribution in [0.25, 0.3) is 0 Å². The van der Waals surface area contributed by atoms with Gasteiger partial charge < -0.3 is 5.11 Å². The molecule has 0 aliphatic carbocycles. The number of pyridine rings is 1. The summed E-state index contributed by atoms with van der Waals surface area (Å²) in [7, 11) is 0. The molecule has 0 saturated carbocycles. The summed E-state index contributed by atoms with van der Waals surface area (Å²) in [6.45, 7) is 3.87. The predicted octanol–water partition coefficient (Wildman–Crippen LogP) is 3.55. The quantitative estimate of drug-likeness (QED) is 0.915. The molecular formula is C14H13NO2S. The first kappa shape index (κ1) is 12.6. The van der Waals surface area contributed by atoms with Gasteiger partial charge in [-0.05, 0) is 32.0 Å². The average molecular weight is 259 g/mol. The number of aromatic carboxylic acids is 1. The van der Waals surface area contributed by atoms with Gasteiger partial charge in [-0.25, -0.2) is 4.79 Å². The molecule has 2 aromatic rings. The second-order valence-corrected chi connectivity index (χ2v) is 5.16. The SMILES string of the molecule is Cc1cccc(Sc2cc(C)ncc2C(=O)O)c1. The topological polar surface area (TPSA) is 50.2 Å². The zero-order valence-corrected chi connectivity index (χ0v) is 11.0. The monoisotopic (exact) mass is 259 g/mol. The molecule has 18 heavy (non-hydrogen) atoms. The van der Waals surface area contributed by atoms with Gasteiger partial charge in [0.15, 0.2) is 0 Å². The van der Waals surface area contributed by atoms with E-state index >= 15 is 0 Å². The summed E-state index contributed by atoms with van der Waals surface area (Å²) in [4.78, 5) is 16.9. The van der Waals surface area contributed by atoms with Crippen molar-refractivity contribution in [2.75, 3.05) is 0 Å². The molecule has 3 nitrogen and oxygen atoms in total. The molecule has 1 aromatic carbocycles. The van der Waals surface area contributed by atoms with Gasteiger partial charge in [-0.3, -0.25) is 4.98 Å². The number of carboxylic acid groups (broad SMARTS) is 1. The van der Waals surface area contributed by atoms with Crippen molar-refractivity contribution in [3.8, 4) is 0 Å². The second kappa shape index (κ2) is 5.23. The van der Waals surface area contributed by atoms with Gasteiger partial charge in [0, 0.05) is 21.7 Å². The molecule has 2 rings (SSSR count). The second-order valence-electron chi connectivity index (χ2n) is 4.05. The molecule has 1 aromatic heterocycles. The van der Waals surface area contributed by atoms with E-state index in [1.165, 1.54) is 18.0 Å². The average Bonchev–Trinajstić information content (AvgIpc) is 2.28. The Labute approximate surface area is 110 Å². The molecule has 1 N–H and O–H groups in total. The third kappa shape index (κ3) is 2.90. The highest BCUT2D eigenvalue weighted by atomic mass is 32.2. The Hall–Kier alpha value is -1.81. The summed E-state index contributed by atoms with van der Waals surface area (Å²) < 4.78 is 0. The maximum absolute atomic E-state index is 11.1. The van der Waals surface area contributed by atoms with Crippen molar-refractivity contribution in [2.24, 2.45) is 0 Å². The number of aromatic nitrogens is 1. The molecule has 0 atom stereocenters. The number of carboxylic acids is 1. The molecule has 4 heteroatoms. The molecule has 0 radical (unpaired) electrons. The lowest BCUT2D eigenvalue weighted by molar-refractivity contribution is 0.0692. The Morgan fingerprint density at radius 3 is 2.72 bits per heavy atom. The van der Waals surface area contributed by atoms with Crippen LogP contribution in [-0.2, 0) is 0 Å². The number of benzene rings is 1. The van der Waals surface area contributed by atoms with Crippen LogP contribution >= 0.6 is 11.8 Å². The Morgan fingerprint density at radius 2 is 2.06 bits per heavy atom. The Morgan fingerprint density at radius 1 is 1.28 bits per heavy atom. The van der Waals surface area contributed by atoms with Crippen LogP contribution in [0.5, 0.6) is 0 Å². The molecule has 0 fully saturated rings. The molecule has 0 unspecified atom stereocenters. The van der Waals surface area contributed by atoms with Gasteiger partial charge in [0.05, 0.1) is 5.56 Å². The van der Waals surface area contributed by atoms with Crippen LogP contribution in [0.2, 0.25) is 0 Å². The molecule has 92 valence electrons. The van der Waals surface area contributed by atoms with E-state index in [1.54, 1.807) is 6.07 Å². The third-order valence-corrected chi connectivity index (χ3v) is 3.50. The van der Waals surface area contributed by atoms with E-state index in [0.29, 0.717) is 0 Å². The molecule has 0 aliphatic heterocycles. The number of hydrogen-bond donors (Lipinski definition) is 1. The summed E-state index contributed by atoms with van der Waals surface area (Å²) in [5.41, 5.74) is 2.21. The first-order valence-corrected chi connectivity index (χ1v) is 6.32. The van der Waals surface area contributed by atoms with Crippen LogP contribution in [0, 0.1) is 13.8 Å². The summed E-state index contributed by atoms with van der Waals surface area (Å²) in [5.74, 6) is -0.947. The van der Waals surface area contributed by atoms with Crippen molar-refractivity contribution in [1.29, 1.82) is 0 Å². The number of aryl methyl sites for hydroxylation is 2. The van der Waals surface area contributed by atoms with Gasteiger partial charge in [-0.15, -0.1) is 0 Å². The van der Waals surface area contributed by atoms with Gasteiger partial charge >= 0.3 is 5.97 Å². The highest BCUT2D eigenvalue weighted by molar-refractivity contribution is 7.99. The first-order valence-electron chi connectivity index (χ1n) is 5.51. The van der Waals surface area contributed by atoms with E-state index < -0.39 is 5.97 Å². The van der Waals surface area contributed by atoms with Crippen LogP contribution in [0.1, 0.15) is 21.6 Å². The van der Waals surface area contributed by atoms with Crippen molar-refractivity contribution in [1.82, 2.24) is 4.98 Å². The highest BCUT2D eigenvalue weighted by Gasteiger charge is 2.12. The van der Waals surface area contributed by atoms with Gasteiger partial charge in [0.2, 0.25) is 0 Å². The summed E-state index contributed by atoms with van der Waals surface area (Å²) >= 11 is 1.45. The lowest BCUT2D eigenvalue weighted by Crippen LogP contribution is -2.00. The van der Waals surface area contributed by atoms with Gasteiger partial charge in [-0.2, -0.15) is 0 Å². The minimum absolute atomic E-state index is 0.243. The van der Waals surface area contributed by atoms with Crippen molar-refractivity contribution in [3.63, 3.8) is 0 Å². The van der Waals surface area contributed by atoms with Crippen LogP contribution in [0.15, 0.2) is 46.3 Å². The summed E-state index contributed by atoms with van der Waals surface area (Å²) in [6, 6.07) is 9.79. The number of rotatable bonds is 3. The zero-order valence-electron chi connectivity index (χ0n) is 10.2. The Bertz CT molecular complexity index is 596. The highest BCUT2D eigenvalue weighted by Crippen LogP contribution is 2.31. The number of carbonyl (C=O) groups is 1. The minimum Gasteiger partial charge on any atom is -0.478 e. The maximum Gasteiger partial charge on any atom is 0.338 e. The summed E-state index contributed by atoms with van der Waals surface area (Å²) in [5, 5.41) is 9.14.